The Labute approximate surface area is 406 Å². The van der Waals surface area contributed by atoms with E-state index in [1.807, 2.05) is 71.6 Å². The maximum Gasteiger partial charge on any atom is 0.256 e. The topological polar surface area (TPSA) is 182 Å². The molecule has 0 saturated carbocycles. The SMILES string of the molecule is COc1cc2c(cc1OCc1cc(COc3cc4c(cc3OC)C(=O)N3CCCC[C@H]3C=N4)cc(OCCOc3ccc(/C(C)=N/NCCCN4C(=O)C=CC4=O)cc3)c1)N=C[C@@H]1CCCCN1C2=O. The zero-order valence-electron chi connectivity index (χ0n) is 39.7. The third-order valence-electron chi connectivity index (χ3n) is 12.9. The van der Waals surface area contributed by atoms with Gasteiger partial charge in [-0.15, -0.1) is 0 Å². The van der Waals surface area contributed by atoms with E-state index in [0.29, 0.717) is 89.6 Å². The second-order valence-electron chi connectivity index (χ2n) is 17.6. The summed E-state index contributed by atoms with van der Waals surface area (Å²) in [7, 11) is 3.10. The van der Waals surface area contributed by atoms with Crippen molar-refractivity contribution in [1.29, 1.82) is 0 Å². The van der Waals surface area contributed by atoms with E-state index in [1.165, 1.54) is 17.1 Å². The Morgan fingerprint density at radius 2 is 1.17 bits per heavy atom. The Hall–Kier alpha value is -7.69. The van der Waals surface area contributed by atoms with Gasteiger partial charge in [-0.2, -0.15) is 5.10 Å². The first-order valence-electron chi connectivity index (χ1n) is 23.9. The molecular formula is C53H57N7O10. The summed E-state index contributed by atoms with van der Waals surface area (Å²) in [6.07, 6.45) is 12.7. The molecule has 1 N–H and O–H groups in total. The highest BCUT2D eigenvalue weighted by Crippen LogP contribution is 2.40. The molecule has 4 aromatic rings. The number of nitrogens with one attached hydrogen (secondary N) is 1. The van der Waals surface area contributed by atoms with Gasteiger partial charge in [-0.1, -0.05) is 0 Å². The summed E-state index contributed by atoms with van der Waals surface area (Å²) in [5.41, 5.74) is 8.27. The number of hydrazone groups is 1. The van der Waals surface area contributed by atoms with Gasteiger partial charge in [-0.3, -0.25) is 34.1 Å². The van der Waals surface area contributed by atoms with Crippen molar-refractivity contribution >= 4 is 53.1 Å². The van der Waals surface area contributed by atoms with Gasteiger partial charge in [0.05, 0.1) is 54.5 Å². The van der Waals surface area contributed by atoms with E-state index in [1.54, 1.807) is 38.5 Å². The molecule has 17 heteroatoms. The quantitative estimate of drug-likeness (QED) is 0.0429. The molecule has 0 radical (unpaired) electrons. The molecule has 2 fully saturated rings. The first-order chi connectivity index (χ1) is 34.1. The highest BCUT2D eigenvalue weighted by molar-refractivity contribution is 6.13. The number of carbonyl (C=O) groups is 4. The minimum absolute atomic E-state index is 0.0369. The number of methoxy groups -OCH3 is 2. The maximum absolute atomic E-state index is 13.6. The zero-order chi connectivity index (χ0) is 48.6. The third kappa shape index (κ3) is 10.8. The molecule has 5 aliphatic heterocycles. The van der Waals surface area contributed by atoms with Crippen LogP contribution in [0.3, 0.4) is 0 Å². The Kier molecular flexibility index (Phi) is 14.7. The smallest absolute Gasteiger partial charge is 0.256 e. The average molecular weight is 952 g/mol. The van der Waals surface area contributed by atoms with Crippen molar-refractivity contribution in [3.05, 3.63) is 107 Å². The number of amides is 4. The Morgan fingerprint density at radius 3 is 1.70 bits per heavy atom. The van der Waals surface area contributed by atoms with Crippen LogP contribution in [0.4, 0.5) is 11.4 Å². The van der Waals surface area contributed by atoms with Crippen molar-refractivity contribution in [2.24, 2.45) is 15.1 Å². The van der Waals surface area contributed by atoms with Gasteiger partial charge in [0.2, 0.25) is 0 Å². The van der Waals surface area contributed by atoms with Crippen molar-refractivity contribution in [2.75, 3.05) is 53.6 Å². The van der Waals surface area contributed by atoms with Crippen LogP contribution in [0.15, 0.2) is 94.0 Å². The van der Waals surface area contributed by atoms with Crippen LogP contribution in [0.1, 0.15) is 89.3 Å². The van der Waals surface area contributed by atoms with Crippen molar-refractivity contribution < 1.29 is 47.6 Å². The van der Waals surface area contributed by atoms with Crippen LogP contribution in [-0.4, -0.2) is 122 Å². The predicted molar refractivity (Wildman–Crippen MR) is 263 cm³/mol. The fraction of sp³-hybridized carbons (Fsp3) is 0.377. The van der Waals surface area contributed by atoms with E-state index in [9.17, 15) is 19.2 Å². The molecule has 0 bridgehead atoms. The summed E-state index contributed by atoms with van der Waals surface area (Å²) in [6.45, 7) is 4.84. The molecule has 2 atom stereocenters. The summed E-state index contributed by atoms with van der Waals surface area (Å²) >= 11 is 0. The van der Waals surface area contributed by atoms with Crippen molar-refractivity contribution in [1.82, 2.24) is 20.1 Å². The number of ether oxygens (including phenoxy) is 6. The van der Waals surface area contributed by atoms with Gasteiger partial charge >= 0.3 is 0 Å². The number of piperidine rings is 2. The largest absolute Gasteiger partial charge is 0.493 e. The molecule has 17 nitrogen and oxygen atoms in total. The number of nitrogens with zero attached hydrogens (tertiary/aromatic N) is 6. The maximum atomic E-state index is 13.6. The standard InChI is InChI=1S/C53H57N7O10/c1-34(57-56-17-8-20-60-50(61)15-16-51(60)62)37-11-13-40(14-12-37)67-21-22-68-41-24-35(32-69-48-28-44-42(26-46(48)65-2)52(63)58-18-6-4-9-38(58)30-54-44)23-36(25-41)33-70-49-29-45-43(27-47(49)66-3)53(64)59-19-7-5-10-39(59)31-55-45/h11-16,23-31,38-39,56H,4-10,17-22,32-33H2,1-3H3/b57-34+/t38-,39-/m0/s1. The third-order valence-corrected chi connectivity index (χ3v) is 12.9. The van der Waals surface area contributed by atoms with Gasteiger partial charge in [-0.05, 0) is 123 Å². The molecule has 364 valence electrons. The summed E-state index contributed by atoms with van der Waals surface area (Å²) in [5, 5.41) is 4.43. The van der Waals surface area contributed by atoms with Crippen molar-refractivity contribution in [3.8, 4) is 34.5 Å². The average Bonchev–Trinajstić information content (AvgIpc) is 3.55. The van der Waals surface area contributed by atoms with Crippen molar-refractivity contribution in [2.45, 2.75) is 77.2 Å². The fourth-order valence-corrected chi connectivity index (χ4v) is 9.19. The minimum atomic E-state index is -0.290. The molecular weight excluding hydrogens is 895 g/mol. The van der Waals surface area contributed by atoms with Crippen LogP contribution in [0.25, 0.3) is 0 Å². The van der Waals surface area contributed by atoms with Gasteiger partial charge in [0, 0.05) is 62.9 Å². The number of benzene rings is 4. The van der Waals surface area contributed by atoms with Gasteiger partial charge in [-0.25, -0.2) is 0 Å². The second kappa shape index (κ2) is 21.7. The summed E-state index contributed by atoms with van der Waals surface area (Å²) in [5.74, 6) is 2.24. The predicted octanol–water partition coefficient (Wildman–Crippen LogP) is 7.37. The molecule has 0 spiro atoms. The van der Waals surface area contributed by atoms with Crippen LogP contribution >= 0.6 is 0 Å². The van der Waals surface area contributed by atoms with E-state index in [4.69, 9.17) is 38.4 Å². The minimum Gasteiger partial charge on any atom is -0.493 e. The Bertz CT molecular complexity index is 2610. The Balaban J connectivity index is 0.873. The van der Waals surface area contributed by atoms with Crippen LogP contribution < -0.4 is 33.8 Å². The monoisotopic (exact) mass is 951 g/mol. The highest BCUT2D eigenvalue weighted by Gasteiger charge is 2.33. The molecule has 0 unspecified atom stereocenters. The lowest BCUT2D eigenvalue weighted by atomic mass is 10.0. The van der Waals surface area contributed by atoms with E-state index in [-0.39, 0.29) is 62.1 Å². The number of hydrogen-bond donors (Lipinski definition) is 1. The van der Waals surface area contributed by atoms with Crippen LogP contribution in [0, 0.1) is 0 Å². The number of hydrogen-bond acceptors (Lipinski definition) is 14. The number of rotatable bonds is 19. The lowest BCUT2D eigenvalue weighted by molar-refractivity contribution is -0.136. The molecule has 0 aromatic heterocycles. The highest BCUT2D eigenvalue weighted by atomic mass is 16.5. The summed E-state index contributed by atoms with van der Waals surface area (Å²) in [6, 6.07) is 20.2. The first-order valence-corrected chi connectivity index (χ1v) is 23.9. The van der Waals surface area contributed by atoms with E-state index >= 15 is 0 Å². The normalized spacial score (nSPS) is 18.4. The molecule has 0 aliphatic carbocycles. The van der Waals surface area contributed by atoms with Gasteiger partial charge < -0.3 is 43.6 Å². The molecule has 4 aromatic carbocycles. The molecule has 2 saturated heterocycles. The fourth-order valence-electron chi connectivity index (χ4n) is 9.19. The number of fused-ring (bicyclic) bond motifs is 4. The zero-order valence-corrected chi connectivity index (χ0v) is 39.7. The van der Waals surface area contributed by atoms with Gasteiger partial charge in [0.1, 0.15) is 37.9 Å². The molecule has 4 amide bonds. The Morgan fingerprint density at radius 1 is 0.643 bits per heavy atom. The number of imide groups is 1. The van der Waals surface area contributed by atoms with Gasteiger partial charge in [0.25, 0.3) is 23.6 Å². The molecule has 9 rings (SSSR count). The lowest BCUT2D eigenvalue weighted by Crippen LogP contribution is -2.43. The van der Waals surface area contributed by atoms with Gasteiger partial charge in [0.15, 0.2) is 23.0 Å². The lowest BCUT2D eigenvalue weighted by Gasteiger charge is -2.32. The molecule has 5 heterocycles. The number of aliphatic imine (C=N–C) groups is 2. The molecule has 5 aliphatic rings. The molecule has 70 heavy (non-hydrogen) atoms. The summed E-state index contributed by atoms with van der Waals surface area (Å²) < 4.78 is 36.7. The van der Waals surface area contributed by atoms with Crippen LogP contribution in [0.2, 0.25) is 0 Å². The first kappa shape index (κ1) is 47.4. The second-order valence-corrected chi connectivity index (χ2v) is 17.6. The van der Waals surface area contributed by atoms with Crippen LogP contribution in [0.5, 0.6) is 34.5 Å². The van der Waals surface area contributed by atoms with E-state index in [0.717, 1.165) is 60.9 Å². The summed E-state index contributed by atoms with van der Waals surface area (Å²) in [4.78, 5) is 65.3. The van der Waals surface area contributed by atoms with Crippen molar-refractivity contribution in [3.63, 3.8) is 0 Å². The van der Waals surface area contributed by atoms with Crippen LogP contribution in [-0.2, 0) is 22.8 Å². The number of carbonyl (C=O) groups excluding carboxylic acids is 4. The van der Waals surface area contributed by atoms with E-state index in [2.05, 4.69) is 10.5 Å². The van der Waals surface area contributed by atoms with E-state index < -0.39 is 0 Å².